The summed E-state index contributed by atoms with van der Waals surface area (Å²) in [6, 6.07) is 10.5. The van der Waals surface area contributed by atoms with Gasteiger partial charge in [-0.2, -0.15) is 5.10 Å². The van der Waals surface area contributed by atoms with Crippen LogP contribution in [0.2, 0.25) is 0 Å². The van der Waals surface area contributed by atoms with Crippen LogP contribution in [0.4, 0.5) is 0 Å². The van der Waals surface area contributed by atoms with Gasteiger partial charge in [-0.05, 0) is 37.5 Å². The van der Waals surface area contributed by atoms with E-state index in [2.05, 4.69) is 60.0 Å². The maximum absolute atomic E-state index is 4.72. The first-order valence-corrected chi connectivity index (χ1v) is 9.76. The fourth-order valence-electron chi connectivity index (χ4n) is 2.43. The Hall–Kier alpha value is -1.22. The Morgan fingerprint density at radius 3 is 2.69 bits per heavy atom. The predicted molar refractivity (Wildman–Crippen MR) is 123 cm³/mol. The van der Waals surface area contributed by atoms with Gasteiger partial charge in [-0.1, -0.05) is 25.1 Å². The van der Waals surface area contributed by atoms with Crippen molar-refractivity contribution in [2.45, 2.75) is 36.8 Å². The van der Waals surface area contributed by atoms with E-state index in [-0.39, 0.29) is 24.0 Å². The van der Waals surface area contributed by atoms with Crippen LogP contribution in [-0.2, 0) is 13.5 Å². The summed E-state index contributed by atoms with van der Waals surface area (Å²) in [4.78, 5) is 6.01. The fourth-order valence-corrected chi connectivity index (χ4v) is 3.36. The highest BCUT2D eigenvalue weighted by atomic mass is 127. The molecular formula is C19H30IN5S. The zero-order valence-corrected chi connectivity index (χ0v) is 19.0. The molecule has 7 heteroatoms. The third-order valence-electron chi connectivity index (χ3n) is 3.62. The van der Waals surface area contributed by atoms with E-state index in [0.717, 1.165) is 38.4 Å². The van der Waals surface area contributed by atoms with Crippen LogP contribution >= 0.6 is 35.7 Å². The molecule has 0 radical (unpaired) electrons. The Morgan fingerprint density at radius 1 is 1.27 bits per heavy atom. The Labute approximate surface area is 178 Å². The topological polar surface area (TPSA) is 54.2 Å². The lowest BCUT2D eigenvalue weighted by atomic mass is 10.2. The highest BCUT2D eigenvalue weighted by Gasteiger charge is 2.05. The van der Waals surface area contributed by atoms with Gasteiger partial charge in [-0.15, -0.1) is 35.7 Å². The maximum atomic E-state index is 4.72. The van der Waals surface area contributed by atoms with Crippen molar-refractivity contribution < 1.29 is 0 Å². The van der Waals surface area contributed by atoms with Crippen LogP contribution in [0.15, 0.2) is 52.6 Å². The summed E-state index contributed by atoms with van der Waals surface area (Å²) in [5.74, 6) is 0.897. The second-order valence-corrected chi connectivity index (χ2v) is 7.53. The number of aromatic nitrogens is 2. The molecule has 144 valence electrons. The third kappa shape index (κ3) is 8.93. The zero-order chi connectivity index (χ0) is 17.9. The first kappa shape index (κ1) is 22.8. The van der Waals surface area contributed by atoms with Gasteiger partial charge >= 0.3 is 0 Å². The molecule has 0 saturated carbocycles. The van der Waals surface area contributed by atoms with E-state index in [1.54, 1.807) is 0 Å². The van der Waals surface area contributed by atoms with Crippen molar-refractivity contribution >= 4 is 41.7 Å². The molecular weight excluding hydrogens is 457 g/mol. The lowest BCUT2D eigenvalue weighted by Gasteiger charge is -2.13. The summed E-state index contributed by atoms with van der Waals surface area (Å²) in [7, 11) is 1.95. The maximum Gasteiger partial charge on any atom is 0.191 e. The van der Waals surface area contributed by atoms with E-state index in [4.69, 9.17) is 4.99 Å². The number of hydrogen-bond donors (Lipinski definition) is 2. The number of nitrogens with zero attached hydrogens (tertiary/aromatic N) is 3. The number of hydrogen-bond acceptors (Lipinski definition) is 3. The van der Waals surface area contributed by atoms with Crippen molar-refractivity contribution in [1.29, 1.82) is 0 Å². The van der Waals surface area contributed by atoms with Gasteiger partial charge in [0.15, 0.2) is 5.96 Å². The predicted octanol–water partition coefficient (Wildman–Crippen LogP) is 3.71. The van der Waals surface area contributed by atoms with Crippen LogP contribution in [0.5, 0.6) is 0 Å². The van der Waals surface area contributed by atoms with Crippen LogP contribution in [-0.4, -0.2) is 40.6 Å². The second kappa shape index (κ2) is 13.0. The molecule has 26 heavy (non-hydrogen) atoms. The lowest BCUT2D eigenvalue weighted by Crippen LogP contribution is -2.38. The van der Waals surface area contributed by atoms with Crippen molar-refractivity contribution in [3.8, 4) is 0 Å². The Kier molecular flexibility index (Phi) is 11.4. The van der Waals surface area contributed by atoms with Gasteiger partial charge in [-0.3, -0.25) is 9.67 Å². The minimum absolute atomic E-state index is 0. The van der Waals surface area contributed by atoms with Crippen LogP contribution in [0.1, 0.15) is 25.8 Å². The Morgan fingerprint density at radius 2 is 2.04 bits per heavy atom. The molecule has 1 heterocycles. The van der Waals surface area contributed by atoms with Crippen LogP contribution in [0.3, 0.4) is 0 Å². The van der Waals surface area contributed by atoms with Crippen LogP contribution < -0.4 is 10.6 Å². The molecule has 1 atom stereocenters. The van der Waals surface area contributed by atoms with Crippen molar-refractivity contribution in [3.63, 3.8) is 0 Å². The van der Waals surface area contributed by atoms with Gasteiger partial charge in [0, 0.05) is 36.5 Å². The van der Waals surface area contributed by atoms with Gasteiger partial charge < -0.3 is 10.6 Å². The van der Waals surface area contributed by atoms with Gasteiger partial charge in [0.1, 0.15) is 0 Å². The molecule has 0 aliphatic carbocycles. The summed E-state index contributed by atoms with van der Waals surface area (Å²) in [5.41, 5.74) is 1.28. The molecule has 0 aliphatic heterocycles. The fraction of sp³-hybridized carbons (Fsp3) is 0.474. The van der Waals surface area contributed by atoms with Crippen LogP contribution in [0.25, 0.3) is 0 Å². The smallest absolute Gasteiger partial charge is 0.191 e. The lowest BCUT2D eigenvalue weighted by molar-refractivity contribution is 0.740. The van der Waals surface area contributed by atoms with E-state index in [9.17, 15) is 0 Å². The molecule has 0 aliphatic rings. The van der Waals surface area contributed by atoms with E-state index < -0.39 is 0 Å². The van der Waals surface area contributed by atoms with Crippen LogP contribution in [0, 0.1) is 0 Å². The van der Waals surface area contributed by atoms with E-state index in [1.807, 2.05) is 35.8 Å². The van der Waals surface area contributed by atoms with Crippen molar-refractivity contribution in [2.75, 3.05) is 19.6 Å². The molecule has 0 amide bonds. The molecule has 0 bridgehead atoms. The summed E-state index contributed by atoms with van der Waals surface area (Å²) in [6.07, 6.45) is 6.09. The first-order chi connectivity index (χ1) is 12.2. The van der Waals surface area contributed by atoms with E-state index in [0.29, 0.717) is 5.25 Å². The SMILES string of the molecule is CCNC(=NCC(C)Sc1ccccc1)NCCCc1cnn(C)c1.I. The number of aryl methyl sites for hydroxylation is 2. The molecule has 1 aromatic carbocycles. The summed E-state index contributed by atoms with van der Waals surface area (Å²) >= 11 is 1.86. The van der Waals surface area contributed by atoms with Crippen molar-refractivity contribution in [1.82, 2.24) is 20.4 Å². The molecule has 0 spiro atoms. The highest BCUT2D eigenvalue weighted by Crippen LogP contribution is 2.22. The average Bonchev–Trinajstić information content (AvgIpc) is 3.02. The largest absolute Gasteiger partial charge is 0.357 e. The monoisotopic (exact) mass is 487 g/mol. The van der Waals surface area contributed by atoms with Crippen molar-refractivity contribution in [2.24, 2.45) is 12.0 Å². The van der Waals surface area contributed by atoms with Gasteiger partial charge in [-0.25, -0.2) is 0 Å². The van der Waals surface area contributed by atoms with Gasteiger partial charge in [0.25, 0.3) is 0 Å². The molecule has 2 aromatic rings. The first-order valence-electron chi connectivity index (χ1n) is 8.88. The van der Waals surface area contributed by atoms with Gasteiger partial charge in [0.2, 0.25) is 0 Å². The number of aliphatic imine (C=N–C) groups is 1. The molecule has 1 unspecified atom stereocenters. The molecule has 0 saturated heterocycles. The molecule has 5 nitrogen and oxygen atoms in total. The van der Waals surface area contributed by atoms with Gasteiger partial charge in [0.05, 0.1) is 12.7 Å². The summed E-state index contributed by atoms with van der Waals surface area (Å²) in [6.45, 7) is 6.87. The molecule has 1 aromatic heterocycles. The standard InChI is InChI=1S/C19H29N5S.HI/c1-4-20-19(21-12-8-9-17-14-23-24(3)15-17)22-13-16(2)25-18-10-6-5-7-11-18;/h5-7,10-11,14-16H,4,8-9,12-13H2,1-3H3,(H2,20,21,22);1H. The summed E-state index contributed by atoms with van der Waals surface area (Å²) < 4.78 is 1.85. The minimum atomic E-state index is 0. The molecule has 2 rings (SSSR count). The second-order valence-electron chi connectivity index (χ2n) is 6.01. The highest BCUT2D eigenvalue weighted by molar-refractivity contribution is 14.0. The number of halogens is 1. The van der Waals surface area contributed by atoms with E-state index in [1.165, 1.54) is 10.5 Å². The molecule has 0 fully saturated rings. The third-order valence-corrected chi connectivity index (χ3v) is 4.72. The number of guanidine groups is 1. The number of benzene rings is 1. The number of rotatable bonds is 9. The summed E-state index contributed by atoms with van der Waals surface area (Å²) in [5, 5.41) is 11.4. The Balaban J connectivity index is 0.00000338. The normalized spacial score (nSPS) is 12.3. The minimum Gasteiger partial charge on any atom is -0.357 e. The number of thioether (sulfide) groups is 1. The quantitative estimate of drug-likeness (QED) is 0.186. The average molecular weight is 487 g/mol. The Bertz CT molecular complexity index is 644. The van der Waals surface area contributed by atoms with E-state index >= 15 is 0 Å². The van der Waals surface area contributed by atoms with Crippen molar-refractivity contribution in [3.05, 3.63) is 48.3 Å². The zero-order valence-electron chi connectivity index (χ0n) is 15.8. The molecule has 2 N–H and O–H groups in total. The number of nitrogens with one attached hydrogen (secondary N) is 2.